The summed E-state index contributed by atoms with van der Waals surface area (Å²) in [5.41, 5.74) is -0.851. The maximum Gasteiger partial charge on any atom is 0.333 e. The minimum Gasteiger partial charge on any atom is -0.480 e. The molecule has 2 N–H and O–H groups in total. The second kappa shape index (κ2) is 12.3. The van der Waals surface area contributed by atoms with Crippen LogP contribution in [0.2, 0.25) is 0 Å². The van der Waals surface area contributed by atoms with Gasteiger partial charge in [-0.3, -0.25) is 14.4 Å². The van der Waals surface area contributed by atoms with Gasteiger partial charge in [-0.05, 0) is 57.9 Å². The lowest BCUT2D eigenvalue weighted by Crippen LogP contribution is -2.40. The quantitative estimate of drug-likeness (QED) is 0.220. The van der Waals surface area contributed by atoms with E-state index in [1.165, 1.54) is 29.2 Å². The van der Waals surface area contributed by atoms with Gasteiger partial charge in [-0.1, -0.05) is 20.4 Å². The highest BCUT2D eigenvalue weighted by Crippen LogP contribution is 2.27. The number of Topliss-reactive ketones (excluding diaryl/α,β-unsaturated/α-hetero) is 1. The fourth-order valence-electron chi connectivity index (χ4n) is 3.13. The largest absolute Gasteiger partial charge is 0.480 e. The minimum absolute atomic E-state index is 0.187. The van der Waals surface area contributed by atoms with Crippen LogP contribution < -0.4 is 4.90 Å². The second-order valence-corrected chi connectivity index (χ2v) is 8.68. The maximum absolute atomic E-state index is 13.2. The average molecular weight is 478 g/mol. The first-order chi connectivity index (χ1) is 15.8. The molecule has 0 aliphatic carbocycles. The third kappa shape index (κ3) is 8.30. The molecule has 9 heteroatoms. The van der Waals surface area contributed by atoms with Gasteiger partial charge in [-0.25, -0.2) is 4.79 Å². The Bertz CT molecular complexity index is 894. The van der Waals surface area contributed by atoms with E-state index in [0.717, 1.165) is 0 Å². The van der Waals surface area contributed by atoms with Gasteiger partial charge in [0, 0.05) is 23.2 Å². The zero-order valence-corrected chi connectivity index (χ0v) is 20.6. The van der Waals surface area contributed by atoms with Gasteiger partial charge in [0.2, 0.25) is 0 Å². The van der Waals surface area contributed by atoms with E-state index in [0.29, 0.717) is 36.1 Å². The number of benzene rings is 1. The van der Waals surface area contributed by atoms with Crippen LogP contribution in [0, 0.1) is 0 Å². The van der Waals surface area contributed by atoms with Gasteiger partial charge in [0.1, 0.15) is 24.3 Å². The molecular formula is C25H35NO8. The molecule has 0 spiro atoms. The monoisotopic (exact) mass is 477 g/mol. The van der Waals surface area contributed by atoms with Crippen LogP contribution in [0.3, 0.4) is 0 Å². The van der Waals surface area contributed by atoms with E-state index in [2.05, 4.69) is 6.58 Å². The summed E-state index contributed by atoms with van der Waals surface area (Å²) in [6.07, 6.45) is 1.35. The molecule has 0 heterocycles. The van der Waals surface area contributed by atoms with Gasteiger partial charge in [0.25, 0.3) is 0 Å². The van der Waals surface area contributed by atoms with Crippen LogP contribution in [-0.2, 0) is 23.9 Å². The van der Waals surface area contributed by atoms with Crippen LogP contribution in [0.4, 0.5) is 5.69 Å². The SMILES string of the molecule is C=C(C)C(=O)OC(C)(CC)CCOC(C)(CC)C(=O)c1ccc(N(CC(=O)O)CC(=O)O)cc1. The van der Waals surface area contributed by atoms with Gasteiger partial charge < -0.3 is 24.6 Å². The molecular weight excluding hydrogens is 442 g/mol. The Kier molecular flexibility index (Phi) is 10.4. The lowest BCUT2D eigenvalue weighted by atomic mass is 9.91. The van der Waals surface area contributed by atoms with Crippen molar-refractivity contribution < 1.29 is 38.9 Å². The van der Waals surface area contributed by atoms with E-state index >= 15 is 0 Å². The Labute approximate surface area is 200 Å². The summed E-state index contributed by atoms with van der Waals surface area (Å²) in [4.78, 5) is 48.4. The predicted molar refractivity (Wildman–Crippen MR) is 127 cm³/mol. The van der Waals surface area contributed by atoms with Crippen molar-refractivity contribution in [1.82, 2.24) is 0 Å². The highest BCUT2D eigenvalue weighted by atomic mass is 16.6. The first-order valence-electron chi connectivity index (χ1n) is 11.1. The van der Waals surface area contributed by atoms with Gasteiger partial charge in [0.15, 0.2) is 5.78 Å². The number of carboxylic acid groups (broad SMARTS) is 2. The van der Waals surface area contributed by atoms with Crippen LogP contribution in [0.15, 0.2) is 36.4 Å². The van der Waals surface area contributed by atoms with Gasteiger partial charge in [-0.2, -0.15) is 0 Å². The van der Waals surface area contributed by atoms with Crippen LogP contribution in [0.5, 0.6) is 0 Å². The number of rotatable bonds is 15. The molecule has 0 bridgehead atoms. The fourth-order valence-corrected chi connectivity index (χ4v) is 3.13. The van der Waals surface area contributed by atoms with E-state index in [4.69, 9.17) is 19.7 Å². The number of carbonyl (C=O) groups is 4. The number of carboxylic acids is 2. The molecule has 0 saturated heterocycles. The molecule has 0 aliphatic rings. The Morgan fingerprint density at radius 1 is 0.971 bits per heavy atom. The van der Waals surface area contributed by atoms with Crippen molar-refractivity contribution >= 4 is 29.4 Å². The summed E-state index contributed by atoms with van der Waals surface area (Å²) in [6.45, 7) is 11.6. The van der Waals surface area contributed by atoms with Gasteiger partial charge in [-0.15, -0.1) is 0 Å². The number of anilines is 1. The van der Waals surface area contributed by atoms with Crippen molar-refractivity contribution in [3.05, 3.63) is 42.0 Å². The summed E-state index contributed by atoms with van der Waals surface area (Å²) in [5.74, 6) is -3.07. The normalized spacial score (nSPS) is 14.4. The molecule has 0 amide bonds. The first kappa shape index (κ1) is 28.8. The summed E-state index contributed by atoms with van der Waals surface area (Å²) < 4.78 is 11.5. The third-order valence-corrected chi connectivity index (χ3v) is 5.79. The minimum atomic E-state index is -1.17. The third-order valence-electron chi connectivity index (χ3n) is 5.79. The van der Waals surface area contributed by atoms with Crippen LogP contribution in [-0.4, -0.2) is 64.8 Å². The zero-order chi connectivity index (χ0) is 26.1. The molecule has 0 aliphatic heterocycles. The van der Waals surface area contributed by atoms with Crippen molar-refractivity contribution in [3.8, 4) is 0 Å². The number of hydrogen-bond donors (Lipinski definition) is 2. The molecule has 9 nitrogen and oxygen atoms in total. The summed E-state index contributed by atoms with van der Waals surface area (Å²) in [6, 6.07) is 6.08. The standard InChI is InChI=1S/C25H35NO8/c1-7-24(5,34-23(32)17(3)4)13-14-33-25(6,8-2)22(31)18-9-11-19(12-10-18)26(15-20(27)28)16-21(29)30/h9-12H,3,7-8,13-16H2,1-2,4-6H3,(H,27,28)(H,29,30). The number of ketones is 1. The number of carbonyl (C=O) groups excluding carboxylic acids is 2. The van der Waals surface area contributed by atoms with Crippen molar-refractivity contribution in [2.75, 3.05) is 24.6 Å². The number of nitrogens with zero attached hydrogens (tertiary/aromatic N) is 1. The van der Waals surface area contributed by atoms with Crippen molar-refractivity contribution in [1.29, 1.82) is 0 Å². The van der Waals surface area contributed by atoms with Crippen LogP contribution >= 0.6 is 0 Å². The lowest BCUT2D eigenvalue weighted by Gasteiger charge is -2.32. The molecule has 1 aromatic rings. The summed E-state index contributed by atoms with van der Waals surface area (Å²) >= 11 is 0. The van der Waals surface area contributed by atoms with E-state index in [1.807, 2.05) is 13.8 Å². The van der Waals surface area contributed by atoms with E-state index < -0.39 is 42.2 Å². The Morgan fingerprint density at radius 3 is 1.91 bits per heavy atom. The van der Waals surface area contributed by atoms with Crippen molar-refractivity contribution in [3.63, 3.8) is 0 Å². The highest BCUT2D eigenvalue weighted by Gasteiger charge is 2.35. The molecule has 0 fully saturated rings. The lowest BCUT2D eigenvalue weighted by molar-refractivity contribution is -0.156. The molecule has 0 aromatic heterocycles. The van der Waals surface area contributed by atoms with E-state index in [1.54, 1.807) is 20.8 Å². The number of aliphatic carboxylic acids is 2. The smallest absolute Gasteiger partial charge is 0.333 e. The predicted octanol–water partition coefficient (Wildman–Crippen LogP) is 3.71. The molecule has 1 rings (SSSR count). The molecule has 0 radical (unpaired) electrons. The molecule has 2 atom stereocenters. The number of hydrogen-bond acceptors (Lipinski definition) is 7. The van der Waals surface area contributed by atoms with Crippen LogP contribution in [0.25, 0.3) is 0 Å². The maximum atomic E-state index is 13.2. The number of esters is 1. The van der Waals surface area contributed by atoms with Crippen LogP contribution in [0.1, 0.15) is 64.2 Å². The molecule has 0 saturated carbocycles. The van der Waals surface area contributed by atoms with Gasteiger partial charge in [0.05, 0.1) is 6.61 Å². The fraction of sp³-hybridized carbons (Fsp3) is 0.520. The average Bonchev–Trinajstić information content (AvgIpc) is 2.77. The molecule has 188 valence electrons. The van der Waals surface area contributed by atoms with Crippen molar-refractivity contribution in [2.24, 2.45) is 0 Å². The summed E-state index contributed by atoms with van der Waals surface area (Å²) in [7, 11) is 0. The Hall–Kier alpha value is -3.20. The van der Waals surface area contributed by atoms with E-state index in [9.17, 15) is 19.2 Å². The van der Waals surface area contributed by atoms with Gasteiger partial charge >= 0.3 is 17.9 Å². The topological polar surface area (TPSA) is 130 Å². The highest BCUT2D eigenvalue weighted by molar-refractivity contribution is 6.02. The first-order valence-corrected chi connectivity index (χ1v) is 11.1. The van der Waals surface area contributed by atoms with E-state index in [-0.39, 0.29) is 12.4 Å². The molecule has 1 aromatic carbocycles. The second-order valence-electron chi connectivity index (χ2n) is 8.68. The molecule has 2 unspecified atom stereocenters. The summed E-state index contributed by atoms with van der Waals surface area (Å²) in [5, 5.41) is 18.1. The Balaban J connectivity index is 2.94. The Morgan fingerprint density at radius 2 is 1.50 bits per heavy atom. The van der Waals surface area contributed by atoms with Crippen molar-refractivity contribution in [2.45, 2.75) is 65.1 Å². The number of ether oxygens (including phenoxy) is 2. The molecule has 34 heavy (non-hydrogen) atoms. The zero-order valence-electron chi connectivity index (χ0n) is 20.6.